The maximum atomic E-state index is 12.2. The van der Waals surface area contributed by atoms with Gasteiger partial charge in [-0.05, 0) is 62.2 Å². The minimum absolute atomic E-state index is 0.0738. The van der Waals surface area contributed by atoms with Crippen LogP contribution in [0.1, 0.15) is 0 Å². The van der Waals surface area contributed by atoms with Crippen LogP contribution in [0.25, 0.3) is 0 Å². The van der Waals surface area contributed by atoms with Gasteiger partial charge >= 0.3 is 11.0 Å². The highest BCUT2D eigenvalue weighted by Gasteiger charge is 2.47. The van der Waals surface area contributed by atoms with Crippen LogP contribution < -0.4 is 5.73 Å². The fraction of sp³-hybridized carbons (Fsp3) is 0.143. The molecule has 0 atom stereocenters. The molecule has 0 saturated carbocycles. The molecule has 2 aromatic carbocycles. The third-order valence-electron chi connectivity index (χ3n) is 3.12. The van der Waals surface area contributed by atoms with Gasteiger partial charge in [-0.25, -0.2) is 16.8 Å². The minimum atomic E-state index is -5.35. The smallest absolute Gasteiger partial charge is 0.397 e. The Bertz CT molecular complexity index is 1160. The zero-order valence-corrected chi connectivity index (χ0v) is 22.2. The van der Waals surface area contributed by atoms with Gasteiger partial charge in [-0.1, -0.05) is 31.9 Å². The summed E-state index contributed by atoms with van der Waals surface area (Å²) in [5.74, 6) is 0. The summed E-state index contributed by atoms with van der Waals surface area (Å²) < 4.78 is 118. The van der Waals surface area contributed by atoms with Gasteiger partial charge in [0.15, 0.2) is 0 Å². The Balaban J connectivity index is 0.000000311. The molecule has 2 aromatic rings. The van der Waals surface area contributed by atoms with Gasteiger partial charge in [-0.2, -0.15) is 26.3 Å². The summed E-state index contributed by atoms with van der Waals surface area (Å²) in [5.41, 5.74) is -5.06. The van der Waals surface area contributed by atoms with Crippen molar-refractivity contribution in [3.8, 4) is 0 Å². The molecule has 31 heavy (non-hydrogen) atoms. The molecule has 0 aromatic heterocycles. The van der Waals surface area contributed by atoms with Crippen LogP contribution in [-0.2, 0) is 19.7 Å². The van der Waals surface area contributed by atoms with E-state index in [1.165, 1.54) is 6.07 Å². The van der Waals surface area contributed by atoms with E-state index in [1.807, 2.05) is 0 Å². The van der Waals surface area contributed by atoms with Crippen molar-refractivity contribution < 1.29 is 43.2 Å². The van der Waals surface area contributed by atoms with Gasteiger partial charge in [0.1, 0.15) is 0 Å². The van der Waals surface area contributed by atoms with Crippen molar-refractivity contribution in [2.24, 2.45) is 0 Å². The molecule has 0 aliphatic rings. The van der Waals surface area contributed by atoms with Crippen molar-refractivity contribution >= 4 is 89.1 Å². The summed E-state index contributed by atoms with van der Waals surface area (Å²) in [5, 5.41) is 0. The van der Waals surface area contributed by atoms with Crippen molar-refractivity contribution in [1.82, 2.24) is 0 Å². The van der Waals surface area contributed by atoms with Crippen LogP contribution in [0.2, 0.25) is 0 Å². The predicted molar refractivity (Wildman–Crippen MR) is 115 cm³/mol. The van der Waals surface area contributed by atoms with Crippen molar-refractivity contribution in [2.75, 3.05) is 5.73 Å². The summed E-state index contributed by atoms with van der Waals surface area (Å²) in [7, 11) is -10.6. The standard InChI is InChI=1S/C7H4Br2F3NO2S.C7H3Br2F3O2S/c8-4-1-3(2-5(9)6(4)13)16(14,15)7(10,11)12;8-4-1-5(9)3-6(2-4)15(13,14)7(10,11)12/h1-2H,13H2;1-3H. The number of rotatable bonds is 2. The number of halogens is 10. The van der Waals surface area contributed by atoms with Crippen LogP contribution in [-0.4, -0.2) is 27.9 Å². The summed E-state index contributed by atoms with van der Waals surface area (Å²) in [6.45, 7) is 0. The molecule has 174 valence electrons. The first kappa shape index (κ1) is 28.7. The van der Waals surface area contributed by atoms with Gasteiger partial charge in [0.05, 0.1) is 15.5 Å². The fourth-order valence-corrected chi connectivity index (χ4v) is 6.40. The first-order valence-corrected chi connectivity index (χ1v) is 13.2. The van der Waals surface area contributed by atoms with Crippen LogP contribution in [0.5, 0.6) is 0 Å². The van der Waals surface area contributed by atoms with Crippen molar-refractivity contribution in [3.05, 3.63) is 48.2 Å². The molecule has 2 rings (SSSR count). The van der Waals surface area contributed by atoms with E-state index in [0.29, 0.717) is 0 Å². The third kappa shape index (κ3) is 6.82. The highest BCUT2D eigenvalue weighted by molar-refractivity contribution is 9.11. The number of sulfone groups is 2. The maximum Gasteiger partial charge on any atom is 0.501 e. The topological polar surface area (TPSA) is 94.3 Å². The zero-order valence-electron chi connectivity index (χ0n) is 14.2. The second-order valence-corrected chi connectivity index (χ2v) is 12.7. The number of nitrogens with two attached hydrogens (primary N) is 1. The summed E-state index contributed by atoms with van der Waals surface area (Å²) >= 11 is 11.6. The molecule has 5 nitrogen and oxygen atoms in total. The second-order valence-electron chi connectivity index (χ2n) is 5.30. The van der Waals surface area contributed by atoms with E-state index >= 15 is 0 Å². The number of hydrogen-bond acceptors (Lipinski definition) is 5. The molecule has 2 N–H and O–H groups in total. The van der Waals surface area contributed by atoms with Crippen LogP contribution >= 0.6 is 63.7 Å². The molecule has 0 aliphatic carbocycles. The van der Waals surface area contributed by atoms with Gasteiger partial charge in [0, 0.05) is 17.9 Å². The van der Waals surface area contributed by atoms with Gasteiger partial charge in [0.25, 0.3) is 19.7 Å². The molecule has 0 radical (unpaired) electrons. The Morgan fingerprint density at radius 2 is 0.903 bits per heavy atom. The molecular weight excluding hydrogens is 744 g/mol. The van der Waals surface area contributed by atoms with Crippen molar-refractivity contribution in [3.63, 3.8) is 0 Å². The third-order valence-corrected chi connectivity index (χ3v) is 8.28. The number of hydrogen-bond donors (Lipinski definition) is 1. The molecule has 0 bridgehead atoms. The van der Waals surface area contributed by atoms with E-state index < -0.39 is 40.5 Å². The van der Waals surface area contributed by atoms with Gasteiger partial charge in [0.2, 0.25) is 0 Å². The van der Waals surface area contributed by atoms with Crippen LogP contribution in [0.15, 0.2) is 58.0 Å². The van der Waals surface area contributed by atoms with E-state index in [-0.39, 0.29) is 23.6 Å². The molecule has 0 saturated heterocycles. The second kappa shape index (κ2) is 9.87. The summed E-state index contributed by atoms with van der Waals surface area (Å²) in [6.07, 6.45) is 0. The molecule has 0 spiro atoms. The molecule has 0 amide bonds. The van der Waals surface area contributed by atoms with Crippen molar-refractivity contribution in [2.45, 2.75) is 20.8 Å². The molecule has 0 fully saturated rings. The Hall–Kier alpha value is -0.360. The average molecular weight is 751 g/mol. The van der Waals surface area contributed by atoms with Crippen molar-refractivity contribution in [1.29, 1.82) is 0 Å². The van der Waals surface area contributed by atoms with Crippen LogP contribution in [0.3, 0.4) is 0 Å². The van der Waals surface area contributed by atoms with Gasteiger partial charge in [-0.15, -0.1) is 0 Å². The average Bonchev–Trinajstić information content (AvgIpc) is 2.56. The van der Waals surface area contributed by atoms with E-state index in [9.17, 15) is 43.2 Å². The molecule has 0 aliphatic heterocycles. The van der Waals surface area contributed by atoms with E-state index in [4.69, 9.17) is 5.73 Å². The Morgan fingerprint density at radius 3 is 1.19 bits per heavy atom. The molecule has 0 unspecified atom stereocenters. The first-order chi connectivity index (χ1) is 13.7. The summed E-state index contributed by atoms with van der Waals surface area (Å²) in [6, 6.07) is 4.85. The maximum absolute atomic E-state index is 12.2. The van der Waals surface area contributed by atoms with E-state index in [1.54, 1.807) is 0 Å². The highest BCUT2D eigenvalue weighted by Crippen LogP contribution is 2.37. The zero-order chi connectivity index (χ0) is 24.6. The molecule has 0 heterocycles. The normalized spacial score (nSPS) is 12.8. The summed E-state index contributed by atoms with van der Waals surface area (Å²) in [4.78, 5) is -1.66. The van der Waals surface area contributed by atoms with Crippen LogP contribution in [0, 0.1) is 0 Å². The monoisotopic (exact) mass is 747 g/mol. The number of alkyl halides is 6. The highest BCUT2D eigenvalue weighted by atomic mass is 79.9. The lowest BCUT2D eigenvalue weighted by Gasteiger charge is -2.10. The van der Waals surface area contributed by atoms with E-state index in [2.05, 4.69) is 63.7 Å². The molecular formula is C14H7Br4F6NO4S2. The largest absolute Gasteiger partial charge is 0.501 e. The lowest BCUT2D eigenvalue weighted by atomic mass is 10.3. The van der Waals surface area contributed by atoms with Crippen LogP contribution in [0.4, 0.5) is 32.0 Å². The predicted octanol–water partition coefficient (Wildman–Crippen LogP) is 6.59. The number of anilines is 1. The Labute approximate surface area is 205 Å². The molecule has 17 heteroatoms. The number of benzene rings is 2. The SMILES string of the molecule is Nc1c(Br)cc(S(=O)(=O)C(F)(F)F)cc1Br.O=S(=O)(c1cc(Br)cc(Br)c1)C(F)(F)F. The van der Waals surface area contributed by atoms with Gasteiger partial charge in [-0.3, -0.25) is 0 Å². The lowest BCUT2D eigenvalue weighted by molar-refractivity contribution is -0.0442. The van der Waals surface area contributed by atoms with E-state index in [0.717, 1.165) is 24.3 Å². The lowest BCUT2D eigenvalue weighted by Crippen LogP contribution is -2.23. The quantitative estimate of drug-likeness (QED) is 0.276. The first-order valence-electron chi connectivity index (χ1n) is 7.05. The number of nitrogen functional groups attached to an aromatic ring is 1. The fourth-order valence-electron chi connectivity index (χ4n) is 1.67. The Kier molecular flexibility index (Phi) is 9.13. The van der Waals surface area contributed by atoms with Gasteiger partial charge < -0.3 is 5.73 Å². The Morgan fingerprint density at radius 1 is 0.613 bits per heavy atom. The minimum Gasteiger partial charge on any atom is -0.397 e.